The molecule has 1 fully saturated rings. The second kappa shape index (κ2) is 9.95. The molecule has 0 aliphatic carbocycles. The first-order valence-corrected chi connectivity index (χ1v) is 9.96. The number of piperazine rings is 1. The van der Waals surface area contributed by atoms with E-state index in [0.29, 0.717) is 19.7 Å². The topological polar surface area (TPSA) is 44.8 Å². The lowest BCUT2D eigenvalue weighted by molar-refractivity contribution is -0.137. The zero-order valence-corrected chi connectivity index (χ0v) is 16.9. The van der Waals surface area contributed by atoms with E-state index in [2.05, 4.69) is 10.2 Å². The summed E-state index contributed by atoms with van der Waals surface area (Å²) in [6, 6.07) is 14.1. The highest BCUT2D eigenvalue weighted by Crippen LogP contribution is 2.34. The molecular weight excluding hydrogens is 395 g/mol. The van der Waals surface area contributed by atoms with Crippen molar-refractivity contribution in [3.05, 3.63) is 60.2 Å². The van der Waals surface area contributed by atoms with E-state index in [4.69, 9.17) is 4.74 Å². The fraction of sp³-hybridized carbons (Fsp3) is 0.409. The van der Waals surface area contributed by atoms with Gasteiger partial charge in [0.1, 0.15) is 12.4 Å². The quantitative estimate of drug-likeness (QED) is 0.740. The number of carbonyl (C=O) groups excluding carboxylic acids is 1. The summed E-state index contributed by atoms with van der Waals surface area (Å²) in [7, 11) is 0. The third-order valence-corrected chi connectivity index (χ3v) is 5.24. The molecule has 0 radical (unpaired) electrons. The molecule has 0 aromatic heterocycles. The number of rotatable bonds is 7. The normalized spacial score (nSPS) is 16.8. The number of hydrogen-bond donors (Lipinski definition) is 1. The second-order valence-corrected chi connectivity index (χ2v) is 7.25. The van der Waals surface area contributed by atoms with Crippen LogP contribution in [0.25, 0.3) is 0 Å². The van der Waals surface area contributed by atoms with Crippen molar-refractivity contribution in [3.8, 4) is 5.75 Å². The van der Waals surface area contributed by atoms with Crippen LogP contribution >= 0.6 is 0 Å². The number of nitrogens with zero attached hydrogens (tertiary/aromatic N) is 2. The molecule has 5 nitrogen and oxygen atoms in total. The highest BCUT2D eigenvalue weighted by atomic mass is 19.4. The Morgan fingerprint density at radius 3 is 2.33 bits per heavy atom. The first-order valence-electron chi connectivity index (χ1n) is 9.96. The molecule has 8 heteroatoms. The van der Waals surface area contributed by atoms with Gasteiger partial charge in [-0.25, -0.2) is 0 Å². The van der Waals surface area contributed by atoms with Crippen molar-refractivity contribution in [1.29, 1.82) is 0 Å². The minimum atomic E-state index is -4.51. The Morgan fingerprint density at radius 1 is 1.03 bits per heavy atom. The fourth-order valence-electron chi connectivity index (χ4n) is 3.43. The average molecular weight is 421 g/mol. The van der Waals surface area contributed by atoms with Crippen LogP contribution in [-0.4, -0.2) is 61.1 Å². The van der Waals surface area contributed by atoms with Crippen LogP contribution in [0.4, 0.5) is 18.9 Å². The van der Waals surface area contributed by atoms with Gasteiger partial charge in [0.15, 0.2) is 0 Å². The first kappa shape index (κ1) is 22.1. The van der Waals surface area contributed by atoms with Gasteiger partial charge in [-0.2, -0.15) is 13.2 Å². The van der Waals surface area contributed by atoms with Gasteiger partial charge < -0.3 is 10.1 Å². The molecular formula is C22H26F3N3O2. The molecule has 1 aliphatic rings. The maximum absolute atomic E-state index is 13.1. The van der Waals surface area contributed by atoms with Gasteiger partial charge in [-0.15, -0.1) is 0 Å². The summed E-state index contributed by atoms with van der Waals surface area (Å²) in [4.78, 5) is 16.8. The number of alkyl halides is 3. The Morgan fingerprint density at radius 2 is 1.67 bits per heavy atom. The van der Waals surface area contributed by atoms with E-state index in [9.17, 15) is 18.0 Å². The molecule has 0 spiro atoms. The Bertz CT molecular complexity index is 822. The largest absolute Gasteiger partial charge is 0.492 e. The molecule has 30 heavy (non-hydrogen) atoms. The van der Waals surface area contributed by atoms with Gasteiger partial charge in [0.25, 0.3) is 0 Å². The Labute approximate surface area is 174 Å². The number of nitrogens with one attached hydrogen (secondary N) is 1. The average Bonchev–Trinajstić information content (AvgIpc) is 2.74. The lowest BCUT2D eigenvalue weighted by Crippen LogP contribution is -2.53. The fourth-order valence-corrected chi connectivity index (χ4v) is 3.43. The van der Waals surface area contributed by atoms with E-state index in [0.717, 1.165) is 31.5 Å². The Kier molecular flexibility index (Phi) is 7.33. The van der Waals surface area contributed by atoms with Crippen molar-refractivity contribution in [2.45, 2.75) is 19.1 Å². The standard InChI is InChI=1S/C22H26F3N3O2/c1-17(21(29)26-20-10-6-5-9-19(20)22(23,24)25)28-13-11-27(12-14-28)15-16-30-18-7-3-2-4-8-18/h2-10,17H,11-16H2,1H3,(H,26,29). The van der Waals surface area contributed by atoms with Crippen molar-refractivity contribution in [2.24, 2.45) is 0 Å². The molecule has 1 heterocycles. The molecule has 0 saturated carbocycles. The van der Waals surface area contributed by atoms with Crippen LogP contribution in [0.3, 0.4) is 0 Å². The van der Waals surface area contributed by atoms with Gasteiger partial charge in [-0.1, -0.05) is 30.3 Å². The summed E-state index contributed by atoms with van der Waals surface area (Å²) >= 11 is 0. The zero-order chi connectivity index (χ0) is 21.6. The van der Waals surface area contributed by atoms with E-state index < -0.39 is 23.7 Å². The lowest BCUT2D eigenvalue weighted by Gasteiger charge is -2.37. The molecule has 2 aromatic carbocycles. The Balaban J connectivity index is 1.46. The van der Waals surface area contributed by atoms with Gasteiger partial charge in [0.2, 0.25) is 5.91 Å². The Hall–Kier alpha value is -2.58. The van der Waals surface area contributed by atoms with Crippen molar-refractivity contribution in [1.82, 2.24) is 9.80 Å². The smallest absolute Gasteiger partial charge is 0.418 e. The molecule has 1 amide bonds. The molecule has 1 aliphatic heterocycles. The number of ether oxygens (including phenoxy) is 1. The molecule has 0 bridgehead atoms. The zero-order valence-electron chi connectivity index (χ0n) is 16.9. The maximum atomic E-state index is 13.1. The summed E-state index contributed by atoms with van der Waals surface area (Å²) in [5.41, 5.74) is -1.05. The van der Waals surface area contributed by atoms with Crippen molar-refractivity contribution in [3.63, 3.8) is 0 Å². The van der Waals surface area contributed by atoms with Crippen molar-refractivity contribution < 1.29 is 22.7 Å². The lowest BCUT2D eigenvalue weighted by atomic mass is 10.1. The van der Waals surface area contributed by atoms with E-state index in [1.54, 1.807) is 6.92 Å². The maximum Gasteiger partial charge on any atom is 0.418 e. The van der Waals surface area contributed by atoms with Crippen LogP contribution in [0.5, 0.6) is 5.75 Å². The van der Waals surface area contributed by atoms with E-state index >= 15 is 0 Å². The van der Waals surface area contributed by atoms with Crippen LogP contribution in [0.15, 0.2) is 54.6 Å². The van der Waals surface area contributed by atoms with Gasteiger partial charge in [0, 0.05) is 32.7 Å². The molecule has 1 atom stereocenters. The van der Waals surface area contributed by atoms with Crippen molar-refractivity contribution in [2.75, 3.05) is 44.6 Å². The molecule has 2 aromatic rings. The minimum absolute atomic E-state index is 0.210. The predicted molar refractivity (Wildman–Crippen MR) is 109 cm³/mol. The van der Waals surface area contributed by atoms with Crippen LogP contribution in [0.2, 0.25) is 0 Å². The molecule has 3 rings (SSSR count). The SMILES string of the molecule is CC(C(=O)Nc1ccccc1C(F)(F)F)N1CCN(CCOc2ccccc2)CC1. The molecule has 162 valence electrons. The summed E-state index contributed by atoms with van der Waals surface area (Å²) in [5, 5.41) is 2.44. The summed E-state index contributed by atoms with van der Waals surface area (Å²) in [6.45, 7) is 5.96. The number of hydrogen-bond acceptors (Lipinski definition) is 4. The van der Waals surface area contributed by atoms with Crippen LogP contribution in [-0.2, 0) is 11.0 Å². The van der Waals surface area contributed by atoms with Crippen LogP contribution in [0, 0.1) is 0 Å². The number of amides is 1. The summed E-state index contributed by atoms with van der Waals surface area (Å²) in [5.74, 6) is 0.396. The molecule has 1 saturated heterocycles. The summed E-state index contributed by atoms with van der Waals surface area (Å²) in [6.07, 6.45) is -4.51. The highest BCUT2D eigenvalue weighted by molar-refractivity contribution is 5.95. The van der Waals surface area contributed by atoms with Crippen molar-refractivity contribution >= 4 is 11.6 Å². The number of anilines is 1. The highest BCUT2D eigenvalue weighted by Gasteiger charge is 2.34. The van der Waals surface area contributed by atoms with Crippen LogP contribution in [0.1, 0.15) is 12.5 Å². The third-order valence-electron chi connectivity index (χ3n) is 5.24. The number of para-hydroxylation sites is 2. The number of carbonyl (C=O) groups is 1. The molecule has 1 unspecified atom stereocenters. The number of halogens is 3. The van der Waals surface area contributed by atoms with Gasteiger partial charge in [-0.05, 0) is 31.2 Å². The monoisotopic (exact) mass is 421 g/mol. The predicted octanol–water partition coefficient (Wildman–Crippen LogP) is 3.73. The van der Waals surface area contributed by atoms with E-state index in [-0.39, 0.29) is 5.69 Å². The third kappa shape index (κ3) is 5.96. The van der Waals surface area contributed by atoms with Gasteiger partial charge in [-0.3, -0.25) is 14.6 Å². The minimum Gasteiger partial charge on any atom is -0.492 e. The molecule has 1 N–H and O–H groups in total. The van der Waals surface area contributed by atoms with E-state index in [1.165, 1.54) is 18.2 Å². The summed E-state index contributed by atoms with van der Waals surface area (Å²) < 4.78 is 45.1. The second-order valence-electron chi connectivity index (χ2n) is 7.25. The van der Waals surface area contributed by atoms with E-state index in [1.807, 2.05) is 35.2 Å². The van der Waals surface area contributed by atoms with Crippen LogP contribution < -0.4 is 10.1 Å². The van der Waals surface area contributed by atoms with Gasteiger partial charge >= 0.3 is 6.18 Å². The first-order chi connectivity index (χ1) is 14.3. The van der Waals surface area contributed by atoms with Gasteiger partial charge in [0.05, 0.1) is 17.3 Å². The number of benzene rings is 2.